The number of carbonyl (C=O) groups excluding carboxylic acids is 1. The first-order chi connectivity index (χ1) is 11.7. The van der Waals surface area contributed by atoms with Crippen molar-refractivity contribution in [3.63, 3.8) is 0 Å². The van der Waals surface area contributed by atoms with Crippen LogP contribution in [0.25, 0.3) is 0 Å². The molecular formula is C20H30O5. The van der Waals surface area contributed by atoms with E-state index in [4.69, 9.17) is 9.47 Å². The predicted octanol–water partition coefficient (Wildman–Crippen LogP) is 2.51. The summed E-state index contributed by atoms with van der Waals surface area (Å²) in [6.07, 6.45) is 2.28. The van der Waals surface area contributed by atoms with Crippen LogP contribution in [0.4, 0.5) is 0 Å². The third-order valence-corrected chi connectivity index (χ3v) is 6.38. The maximum atomic E-state index is 12.0. The largest absolute Gasteiger partial charge is 0.456 e. The summed E-state index contributed by atoms with van der Waals surface area (Å²) in [5.74, 6) is -0.863. The van der Waals surface area contributed by atoms with Crippen LogP contribution in [0.5, 0.6) is 0 Å². The van der Waals surface area contributed by atoms with Gasteiger partial charge in [0.1, 0.15) is 6.10 Å². The summed E-state index contributed by atoms with van der Waals surface area (Å²) in [4.78, 5) is 12.0. The highest BCUT2D eigenvalue weighted by atomic mass is 16.6. The van der Waals surface area contributed by atoms with E-state index >= 15 is 0 Å². The fraction of sp³-hybridized carbons (Fsp3) is 0.750. The maximum absolute atomic E-state index is 12.0. The monoisotopic (exact) mass is 350 g/mol. The van der Waals surface area contributed by atoms with Crippen molar-refractivity contribution < 1.29 is 24.5 Å². The van der Waals surface area contributed by atoms with Crippen molar-refractivity contribution in [3.8, 4) is 0 Å². The second-order valence-electron chi connectivity index (χ2n) is 8.23. The van der Waals surface area contributed by atoms with Crippen LogP contribution in [0.1, 0.15) is 52.4 Å². The van der Waals surface area contributed by atoms with Crippen molar-refractivity contribution >= 4 is 5.97 Å². The van der Waals surface area contributed by atoms with Crippen LogP contribution in [-0.2, 0) is 14.3 Å². The van der Waals surface area contributed by atoms with Crippen LogP contribution >= 0.6 is 0 Å². The Labute approximate surface area is 149 Å². The molecule has 5 heteroatoms. The molecule has 3 saturated heterocycles. The molecule has 3 rings (SSSR count). The average Bonchev–Trinajstić information content (AvgIpc) is 3.10. The first-order valence-electron chi connectivity index (χ1n) is 9.34. The summed E-state index contributed by atoms with van der Waals surface area (Å²) in [5, 5.41) is 21.6. The molecule has 3 aliphatic heterocycles. The Morgan fingerprint density at radius 2 is 1.96 bits per heavy atom. The number of esters is 1. The number of fused-ring (bicyclic) bond motifs is 3. The summed E-state index contributed by atoms with van der Waals surface area (Å²) in [6.45, 7) is 11.9. The lowest BCUT2D eigenvalue weighted by Gasteiger charge is -2.34. The van der Waals surface area contributed by atoms with E-state index in [-0.39, 0.29) is 17.9 Å². The second-order valence-corrected chi connectivity index (χ2v) is 8.23. The molecule has 0 aliphatic carbocycles. The number of rotatable bonds is 0. The highest BCUT2D eigenvalue weighted by Gasteiger charge is 2.49. The molecule has 0 amide bonds. The van der Waals surface area contributed by atoms with E-state index in [1.54, 1.807) is 0 Å². The van der Waals surface area contributed by atoms with Crippen LogP contribution in [0.2, 0.25) is 0 Å². The van der Waals surface area contributed by atoms with Gasteiger partial charge in [0.25, 0.3) is 0 Å². The van der Waals surface area contributed by atoms with Crippen molar-refractivity contribution in [1.29, 1.82) is 0 Å². The molecule has 0 radical (unpaired) electrons. The Hall–Kier alpha value is -1.17. The number of ether oxygens (including phenoxy) is 2. The Bertz CT molecular complexity index is 570. The zero-order valence-corrected chi connectivity index (χ0v) is 15.2. The minimum absolute atomic E-state index is 0.00871. The summed E-state index contributed by atoms with van der Waals surface area (Å²) in [5.41, 5.74) is 0.731. The molecule has 0 aromatic rings. The number of hydrogen-bond donors (Lipinski definition) is 2. The number of carbonyl (C=O) groups is 1. The van der Waals surface area contributed by atoms with Gasteiger partial charge in [0.2, 0.25) is 0 Å². The highest BCUT2D eigenvalue weighted by molar-refractivity contribution is 5.90. The molecule has 0 unspecified atom stereocenters. The average molecular weight is 350 g/mol. The summed E-state index contributed by atoms with van der Waals surface area (Å²) in [6, 6.07) is 0. The van der Waals surface area contributed by atoms with Gasteiger partial charge in [0.15, 0.2) is 0 Å². The van der Waals surface area contributed by atoms with Gasteiger partial charge in [-0.15, -0.1) is 0 Å². The Morgan fingerprint density at radius 3 is 2.68 bits per heavy atom. The highest BCUT2D eigenvalue weighted by Crippen LogP contribution is 2.42. The molecular weight excluding hydrogens is 320 g/mol. The lowest BCUT2D eigenvalue weighted by Crippen LogP contribution is -2.44. The summed E-state index contributed by atoms with van der Waals surface area (Å²) < 4.78 is 11.6. The Balaban J connectivity index is 1.88. The molecule has 2 N–H and O–H groups in total. The summed E-state index contributed by atoms with van der Waals surface area (Å²) >= 11 is 0. The molecule has 140 valence electrons. The van der Waals surface area contributed by atoms with Crippen LogP contribution in [0, 0.1) is 11.8 Å². The molecule has 25 heavy (non-hydrogen) atoms. The number of aliphatic hydroxyl groups excluding tert-OH is 2. The van der Waals surface area contributed by atoms with Crippen LogP contribution < -0.4 is 0 Å². The van der Waals surface area contributed by atoms with Crippen LogP contribution in [0.3, 0.4) is 0 Å². The standard InChI is InChI=1S/C20H30O5/c1-11-6-5-7-12(2)17(22)18-14(13(3)19(23)24-18)10-16(21)20(4)9-8-15(11)25-20/h12,14-18,21-22H,1,3,5-10H2,2,4H3/t12-,14-,15+,16-,17+,18+,20-/m0/s1. The Morgan fingerprint density at radius 1 is 1.24 bits per heavy atom. The first kappa shape index (κ1) is 18.6. The molecule has 3 aliphatic rings. The predicted molar refractivity (Wildman–Crippen MR) is 93.8 cm³/mol. The quantitative estimate of drug-likeness (QED) is 0.399. The van der Waals surface area contributed by atoms with E-state index < -0.39 is 29.9 Å². The maximum Gasteiger partial charge on any atom is 0.334 e. The van der Waals surface area contributed by atoms with Crippen LogP contribution in [0.15, 0.2) is 24.3 Å². The van der Waals surface area contributed by atoms with Crippen LogP contribution in [-0.4, -0.2) is 46.2 Å². The van der Waals surface area contributed by atoms with E-state index in [0.29, 0.717) is 12.0 Å². The fourth-order valence-electron chi connectivity index (χ4n) is 4.40. The summed E-state index contributed by atoms with van der Waals surface area (Å²) in [7, 11) is 0. The molecule has 0 saturated carbocycles. The molecule has 2 bridgehead atoms. The molecule has 0 aromatic heterocycles. The van der Waals surface area contributed by atoms with Gasteiger partial charge in [-0.05, 0) is 56.9 Å². The van der Waals surface area contributed by atoms with Gasteiger partial charge in [-0.3, -0.25) is 0 Å². The Kier molecular flexibility index (Phi) is 5.11. The van der Waals surface area contributed by atoms with E-state index in [1.165, 1.54) is 0 Å². The molecule has 3 fully saturated rings. The van der Waals surface area contributed by atoms with Gasteiger partial charge in [-0.2, -0.15) is 0 Å². The number of aliphatic hydroxyl groups is 2. The van der Waals surface area contributed by atoms with Gasteiger partial charge in [-0.25, -0.2) is 4.79 Å². The molecule has 7 atom stereocenters. The fourth-order valence-corrected chi connectivity index (χ4v) is 4.40. The SMILES string of the molecule is C=C1CCC[C@H](C)[C@@H](O)[C@@H]2OC(=O)C(=C)[C@@H]2C[C@H](O)[C@]2(C)CC[C@H]1O2. The van der Waals surface area contributed by atoms with Crippen molar-refractivity contribution in [2.75, 3.05) is 0 Å². The zero-order chi connectivity index (χ0) is 18.4. The normalized spacial score (nSPS) is 46.0. The zero-order valence-electron chi connectivity index (χ0n) is 15.2. The smallest absolute Gasteiger partial charge is 0.334 e. The minimum Gasteiger partial charge on any atom is -0.456 e. The van der Waals surface area contributed by atoms with Crippen molar-refractivity contribution in [2.45, 2.75) is 82.4 Å². The molecule has 0 spiro atoms. The molecule has 0 aromatic carbocycles. The first-order valence-corrected chi connectivity index (χ1v) is 9.34. The van der Waals surface area contributed by atoms with E-state index in [1.807, 2.05) is 13.8 Å². The van der Waals surface area contributed by atoms with Gasteiger partial charge < -0.3 is 19.7 Å². The van der Waals surface area contributed by atoms with Gasteiger partial charge in [0, 0.05) is 11.5 Å². The molecule has 5 nitrogen and oxygen atoms in total. The van der Waals surface area contributed by atoms with E-state index in [0.717, 1.165) is 37.7 Å². The molecule has 3 heterocycles. The lowest BCUT2D eigenvalue weighted by molar-refractivity contribution is -0.147. The third-order valence-electron chi connectivity index (χ3n) is 6.38. The van der Waals surface area contributed by atoms with E-state index in [9.17, 15) is 15.0 Å². The van der Waals surface area contributed by atoms with Gasteiger partial charge >= 0.3 is 5.97 Å². The lowest BCUT2D eigenvalue weighted by atomic mass is 9.80. The van der Waals surface area contributed by atoms with Gasteiger partial charge in [-0.1, -0.05) is 20.1 Å². The van der Waals surface area contributed by atoms with Crippen molar-refractivity contribution in [2.24, 2.45) is 11.8 Å². The third kappa shape index (κ3) is 3.42. The van der Waals surface area contributed by atoms with Crippen molar-refractivity contribution in [1.82, 2.24) is 0 Å². The second kappa shape index (κ2) is 6.86. The van der Waals surface area contributed by atoms with E-state index in [2.05, 4.69) is 13.2 Å². The van der Waals surface area contributed by atoms with Crippen molar-refractivity contribution in [3.05, 3.63) is 24.3 Å². The van der Waals surface area contributed by atoms with Gasteiger partial charge in [0.05, 0.1) is 23.9 Å². The number of hydrogen-bond acceptors (Lipinski definition) is 5. The topological polar surface area (TPSA) is 76.0 Å². The minimum atomic E-state index is -0.764.